The van der Waals surface area contributed by atoms with E-state index in [1.54, 1.807) is 0 Å². The van der Waals surface area contributed by atoms with E-state index in [9.17, 15) is 0 Å². The van der Waals surface area contributed by atoms with E-state index in [0.717, 1.165) is 24.4 Å². The molecule has 94 valence electrons. The van der Waals surface area contributed by atoms with E-state index in [-0.39, 0.29) is 0 Å². The van der Waals surface area contributed by atoms with Crippen molar-refractivity contribution in [2.45, 2.75) is 52.5 Å². The third-order valence-electron chi connectivity index (χ3n) is 4.39. The molecule has 1 saturated carbocycles. The van der Waals surface area contributed by atoms with Crippen molar-refractivity contribution in [2.24, 2.45) is 5.92 Å². The number of benzene rings is 1. The van der Waals surface area contributed by atoms with Crippen LogP contribution in [-0.2, 0) is 0 Å². The van der Waals surface area contributed by atoms with Gasteiger partial charge in [-0.15, -0.1) is 0 Å². The zero-order valence-corrected chi connectivity index (χ0v) is 11.6. The van der Waals surface area contributed by atoms with E-state index in [0.29, 0.717) is 0 Å². The molecule has 1 aliphatic rings. The first-order valence-corrected chi connectivity index (χ1v) is 6.94. The van der Waals surface area contributed by atoms with Gasteiger partial charge in [0.25, 0.3) is 0 Å². The summed E-state index contributed by atoms with van der Waals surface area (Å²) in [6.07, 6.45) is 2.54. The maximum absolute atomic E-state index is 3.64. The van der Waals surface area contributed by atoms with Crippen molar-refractivity contribution in [2.75, 3.05) is 6.54 Å². The van der Waals surface area contributed by atoms with Gasteiger partial charge in [0.2, 0.25) is 0 Å². The van der Waals surface area contributed by atoms with Gasteiger partial charge in [-0.05, 0) is 61.8 Å². The highest BCUT2D eigenvalue weighted by Gasteiger charge is 2.37. The largest absolute Gasteiger partial charge is 0.314 e. The summed E-state index contributed by atoms with van der Waals surface area (Å²) in [7, 11) is 0. The van der Waals surface area contributed by atoms with E-state index >= 15 is 0 Å². The maximum atomic E-state index is 3.64. The predicted molar refractivity (Wildman–Crippen MR) is 74.5 cm³/mol. The van der Waals surface area contributed by atoms with E-state index in [2.05, 4.69) is 51.2 Å². The van der Waals surface area contributed by atoms with Crippen molar-refractivity contribution in [3.05, 3.63) is 34.9 Å². The van der Waals surface area contributed by atoms with Crippen LogP contribution < -0.4 is 5.32 Å². The quantitative estimate of drug-likeness (QED) is 0.831. The molecule has 0 aromatic heterocycles. The number of aryl methyl sites for hydroxylation is 2. The molecular weight excluding hydrogens is 206 g/mol. The second kappa shape index (κ2) is 5.22. The first-order chi connectivity index (χ1) is 8.13. The summed E-state index contributed by atoms with van der Waals surface area (Å²) in [4.78, 5) is 0. The first-order valence-electron chi connectivity index (χ1n) is 6.94. The third kappa shape index (κ3) is 2.55. The van der Waals surface area contributed by atoms with E-state index in [1.165, 1.54) is 29.5 Å². The molecule has 0 spiro atoms. The van der Waals surface area contributed by atoms with Crippen molar-refractivity contribution in [1.82, 2.24) is 5.32 Å². The summed E-state index contributed by atoms with van der Waals surface area (Å²) in [5.74, 6) is 1.55. The molecular formula is C16H25N. The molecule has 1 heteroatoms. The Balaban J connectivity index is 1.99. The van der Waals surface area contributed by atoms with Gasteiger partial charge in [-0.1, -0.05) is 32.0 Å². The summed E-state index contributed by atoms with van der Waals surface area (Å²) in [6, 6.07) is 7.71. The molecule has 0 radical (unpaired) electrons. The van der Waals surface area contributed by atoms with Crippen LogP contribution in [0.1, 0.15) is 49.3 Å². The Morgan fingerprint density at radius 2 is 2.00 bits per heavy atom. The van der Waals surface area contributed by atoms with Crippen LogP contribution in [0.2, 0.25) is 0 Å². The standard InChI is InChI=1S/C16H25N/c1-5-8-17-16-10-15(13(16)4)14-7-6-11(2)12(3)9-14/h6-7,9,13,15-17H,5,8,10H2,1-4H3. The maximum Gasteiger partial charge on any atom is 0.0104 e. The lowest BCUT2D eigenvalue weighted by Gasteiger charge is -2.44. The molecule has 0 amide bonds. The molecule has 1 aliphatic carbocycles. The lowest BCUT2D eigenvalue weighted by atomic mass is 9.67. The number of nitrogens with one attached hydrogen (secondary N) is 1. The van der Waals surface area contributed by atoms with Crippen LogP contribution in [0.25, 0.3) is 0 Å². The molecule has 0 bridgehead atoms. The van der Waals surface area contributed by atoms with E-state index in [4.69, 9.17) is 0 Å². The third-order valence-corrected chi connectivity index (χ3v) is 4.39. The second-order valence-electron chi connectivity index (χ2n) is 5.61. The first kappa shape index (κ1) is 12.6. The average molecular weight is 231 g/mol. The zero-order valence-electron chi connectivity index (χ0n) is 11.6. The lowest BCUT2D eigenvalue weighted by molar-refractivity contribution is 0.185. The van der Waals surface area contributed by atoms with Crippen LogP contribution in [-0.4, -0.2) is 12.6 Å². The molecule has 0 heterocycles. The van der Waals surface area contributed by atoms with Crippen LogP contribution in [0, 0.1) is 19.8 Å². The second-order valence-corrected chi connectivity index (χ2v) is 5.61. The highest BCUT2D eigenvalue weighted by Crippen LogP contribution is 2.42. The van der Waals surface area contributed by atoms with Crippen LogP contribution in [0.3, 0.4) is 0 Å². The summed E-state index contributed by atoms with van der Waals surface area (Å²) >= 11 is 0. The summed E-state index contributed by atoms with van der Waals surface area (Å²) in [5, 5.41) is 3.64. The van der Waals surface area contributed by atoms with Crippen molar-refractivity contribution in [1.29, 1.82) is 0 Å². The predicted octanol–water partition coefficient (Wildman–Crippen LogP) is 3.80. The zero-order chi connectivity index (χ0) is 12.4. The van der Waals surface area contributed by atoms with Crippen molar-refractivity contribution < 1.29 is 0 Å². The Labute approximate surface area is 106 Å². The van der Waals surface area contributed by atoms with Crippen LogP contribution in [0.4, 0.5) is 0 Å². The van der Waals surface area contributed by atoms with Gasteiger partial charge in [-0.2, -0.15) is 0 Å². The monoisotopic (exact) mass is 231 g/mol. The molecule has 1 aromatic rings. The summed E-state index contributed by atoms with van der Waals surface area (Å²) < 4.78 is 0. The topological polar surface area (TPSA) is 12.0 Å². The van der Waals surface area contributed by atoms with Gasteiger partial charge >= 0.3 is 0 Å². The van der Waals surface area contributed by atoms with Gasteiger partial charge in [-0.25, -0.2) is 0 Å². The molecule has 1 N–H and O–H groups in total. The van der Waals surface area contributed by atoms with Gasteiger partial charge in [0, 0.05) is 6.04 Å². The van der Waals surface area contributed by atoms with Gasteiger partial charge in [-0.3, -0.25) is 0 Å². The van der Waals surface area contributed by atoms with Crippen LogP contribution in [0.15, 0.2) is 18.2 Å². The molecule has 0 aliphatic heterocycles. The summed E-state index contributed by atoms with van der Waals surface area (Å²) in [6.45, 7) is 10.2. The van der Waals surface area contributed by atoms with Gasteiger partial charge in [0.15, 0.2) is 0 Å². The molecule has 1 fully saturated rings. The molecule has 3 unspecified atom stereocenters. The van der Waals surface area contributed by atoms with Crippen LogP contribution in [0.5, 0.6) is 0 Å². The average Bonchev–Trinajstić information content (AvgIpc) is 2.32. The minimum atomic E-state index is 0.738. The Morgan fingerprint density at radius 1 is 1.24 bits per heavy atom. The molecule has 1 aromatic carbocycles. The molecule has 3 atom stereocenters. The van der Waals surface area contributed by atoms with Crippen molar-refractivity contribution >= 4 is 0 Å². The molecule has 2 rings (SSSR count). The lowest BCUT2D eigenvalue weighted by Crippen LogP contribution is -2.48. The molecule has 1 nitrogen and oxygen atoms in total. The highest BCUT2D eigenvalue weighted by molar-refractivity contribution is 5.34. The van der Waals surface area contributed by atoms with Gasteiger partial charge in [0.05, 0.1) is 0 Å². The minimum Gasteiger partial charge on any atom is -0.314 e. The number of hydrogen-bond acceptors (Lipinski definition) is 1. The molecule has 0 saturated heterocycles. The number of rotatable bonds is 4. The normalized spacial score (nSPS) is 27.9. The highest BCUT2D eigenvalue weighted by atomic mass is 14.9. The van der Waals surface area contributed by atoms with E-state index in [1.807, 2.05) is 0 Å². The minimum absolute atomic E-state index is 0.738. The van der Waals surface area contributed by atoms with Gasteiger partial charge < -0.3 is 5.32 Å². The fourth-order valence-corrected chi connectivity index (χ4v) is 2.82. The molecule has 17 heavy (non-hydrogen) atoms. The smallest absolute Gasteiger partial charge is 0.0104 e. The Bertz CT molecular complexity index is 383. The Hall–Kier alpha value is -0.820. The van der Waals surface area contributed by atoms with Crippen LogP contribution >= 0.6 is 0 Å². The fourth-order valence-electron chi connectivity index (χ4n) is 2.82. The van der Waals surface area contributed by atoms with Crippen molar-refractivity contribution in [3.8, 4) is 0 Å². The summed E-state index contributed by atoms with van der Waals surface area (Å²) in [5.41, 5.74) is 4.37. The number of hydrogen-bond donors (Lipinski definition) is 1. The fraction of sp³-hybridized carbons (Fsp3) is 0.625. The van der Waals surface area contributed by atoms with E-state index < -0.39 is 0 Å². The van der Waals surface area contributed by atoms with Crippen molar-refractivity contribution in [3.63, 3.8) is 0 Å². The Morgan fingerprint density at radius 3 is 2.59 bits per heavy atom. The SMILES string of the molecule is CCCNC1CC(c2ccc(C)c(C)c2)C1C. The van der Waals surface area contributed by atoms with Gasteiger partial charge in [0.1, 0.15) is 0 Å². The Kier molecular flexibility index (Phi) is 3.88.